The molecule has 0 bridgehead atoms. The Kier molecular flexibility index (Phi) is 4.72. The number of halogens is 3. The number of hydrogen-bond acceptors (Lipinski definition) is 4. The van der Waals surface area contributed by atoms with E-state index in [9.17, 15) is 22.8 Å². The lowest BCUT2D eigenvalue weighted by molar-refractivity contribution is -0.157. The first-order valence-corrected chi connectivity index (χ1v) is 5.97. The number of amides is 2. The quantitative estimate of drug-likeness (QED) is 0.864. The molecule has 2 amide bonds. The number of alkyl carbamates (subject to hydrolysis) is 1. The Morgan fingerprint density at radius 3 is 2.45 bits per heavy atom. The van der Waals surface area contributed by atoms with Crippen LogP contribution in [0.25, 0.3) is 0 Å². The van der Waals surface area contributed by atoms with Gasteiger partial charge in [-0.15, -0.1) is 0 Å². The van der Waals surface area contributed by atoms with Gasteiger partial charge in [0.15, 0.2) is 0 Å². The standard InChI is InChI=1S/C11H17F3N2O4/c1-10(2,3)20-8(17)15-7(11(12,13)14)6-16-4-5-19-9(16)18/h7H,4-6H2,1-3H3,(H,15,17). The maximum Gasteiger partial charge on any atom is 0.410 e. The second-order valence-electron chi connectivity index (χ2n) is 5.30. The van der Waals surface area contributed by atoms with E-state index in [4.69, 9.17) is 4.74 Å². The van der Waals surface area contributed by atoms with Crippen molar-refractivity contribution in [1.82, 2.24) is 10.2 Å². The van der Waals surface area contributed by atoms with Gasteiger partial charge in [-0.2, -0.15) is 13.2 Å². The zero-order valence-electron chi connectivity index (χ0n) is 11.4. The van der Waals surface area contributed by atoms with E-state index in [0.717, 1.165) is 4.90 Å². The number of hydrogen-bond donors (Lipinski definition) is 1. The summed E-state index contributed by atoms with van der Waals surface area (Å²) in [6.45, 7) is 3.99. The highest BCUT2D eigenvalue weighted by Gasteiger charge is 2.44. The van der Waals surface area contributed by atoms with E-state index in [0.29, 0.717) is 0 Å². The van der Waals surface area contributed by atoms with E-state index >= 15 is 0 Å². The van der Waals surface area contributed by atoms with Gasteiger partial charge in [0.2, 0.25) is 0 Å². The third-order valence-corrected chi connectivity index (χ3v) is 2.33. The molecule has 0 aromatic carbocycles. The Hall–Kier alpha value is -1.67. The molecule has 9 heteroatoms. The molecule has 0 radical (unpaired) electrons. The lowest BCUT2D eigenvalue weighted by Gasteiger charge is -2.27. The van der Waals surface area contributed by atoms with E-state index in [1.807, 2.05) is 0 Å². The second kappa shape index (κ2) is 5.76. The van der Waals surface area contributed by atoms with Crippen LogP contribution in [0.5, 0.6) is 0 Å². The smallest absolute Gasteiger partial charge is 0.410 e. The fraction of sp³-hybridized carbons (Fsp3) is 0.818. The van der Waals surface area contributed by atoms with Gasteiger partial charge in [0.1, 0.15) is 18.2 Å². The van der Waals surface area contributed by atoms with Gasteiger partial charge in [0.05, 0.1) is 13.1 Å². The van der Waals surface area contributed by atoms with Crippen molar-refractivity contribution in [2.45, 2.75) is 38.6 Å². The summed E-state index contributed by atoms with van der Waals surface area (Å²) in [5.74, 6) is 0. The summed E-state index contributed by atoms with van der Waals surface area (Å²) < 4.78 is 47.8. The van der Waals surface area contributed by atoms with Gasteiger partial charge in [-0.3, -0.25) is 0 Å². The first kappa shape index (κ1) is 16.4. The number of alkyl halides is 3. The third-order valence-electron chi connectivity index (χ3n) is 2.33. The molecule has 0 aliphatic carbocycles. The van der Waals surface area contributed by atoms with Crippen LogP contribution in [0.3, 0.4) is 0 Å². The first-order valence-electron chi connectivity index (χ1n) is 5.97. The van der Waals surface area contributed by atoms with Crippen LogP contribution < -0.4 is 5.32 Å². The molecule has 1 rings (SSSR count). The number of nitrogens with one attached hydrogen (secondary N) is 1. The molecule has 1 atom stereocenters. The van der Waals surface area contributed by atoms with Crippen molar-refractivity contribution in [1.29, 1.82) is 0 Å². The van der Waals surface area contributed by atoms with Crippen LogP contribution in [0.15, 0.2) is 0 Å². The summed E-state index contributed by atoms with van der Waals surface area (Å²) in [4.78, 5) is 23.4. The summed E-state index contributed by atoms with van der Waals surface area (Å²) in [5, 5.41) is 1.73. The molecule has 1 N–H and O–H groups in total. The maximum atomic E-state index is 12.8. The third kappa shape index (κ3) is 5.14. The molecule has 1 aliphatic rings. The largest absolute Gasteiger partial charge is 0.448 e. The molecule has 0 aromatic rings. The normalized spacial score (nSPS) is 17.7. The van der Waals surface area contributed by atoms with Crippen molar-refractivity contribution in [2.75, 3.05) is 19.7 Å². The number of nitrogens with zero attached hydrogens (tertiary/aromatic N) is 1. The van der Waals surface area contributed by atoms with Crippen LogP contribution in [-0.4, -0.2) is 54.6 Å². The molecule has 6 nitrogen and oxygen atoms in total. The molecule has 20 heavy (non-hydrogen) atoms. The average molecular weight is 298 g/mol. The SMILES string of the molecule is CC(C)(C)OC(=O)NC(CN1CCOC1=O)C(F)(F)F. The Morgan fingerprint density at radius 1 is 1.45 bits per heavy atom. The van der Waals surface area contributed by atoms with Gasteiger partial charge < -0.3 is 19.7 Å². The highest BCUT2D eigenvalue weighted by molar-refractivity contribution is 5.70. The molecule has 0 spiro atoms. The van der Waals surface area contributed by atoms with Crippen molar-refractivity contribution in [3.05, 3.63) is 0 Å². The lowest BCUT2D eigenvalue weighted by atomic mass is 10.2. The van der Waals surface area contributed by atoms with Crippen molar-refractivity contribution in [2.24, 2.45) is 0 Å². The maximum absolute atomic E-state index is 12.8. The molecule has 1 heterocycles. The van der Waals surface area contributed by atoms with Crippen LogP contribution in [0, 0.1) is 0 Å². The first-order chi connectivity index (χ1) is 8.99. The number of carbonyl (C=O) groups excluding carboxylic acids is 2. The van der Waals surface area contributed by atoms with Crippen LogP contribution in [-0.2, 0) is 9.47 Å². The van der Waals surface area contributed by atoms with Crippen molar-refractivity contribution >= 4 is 12.2 Å². The molecular formula is C11H17F3N2O4. The summed E-state index contributed by atoms with van der Waals surface area (Å²) in [7, 11) is 0. The summed E-state index contributed by atoms with van der Waals surface area (Å²) >= 11 is 0. The van der Waals surface area contributed by atoms with E-state index < -0.39 is 36.6 Å². The Labute approximate surface area is 114 Å². The fourth-order valence-corrected chi connectivity index (χ4v) is 1.49. The number of rotatable bonds is 3. The zero-order chi connectivity index (χ0) is 15.6. The van der Waals surface area contributed by atoms with E-state index in [-0.39, 0.29) is 13.2 Å². The molecule has 116 valence electrons. The van der Waals surface area contributed by atoms with Crippen molar-refractivity contribution < 1.29 is 32.2 Å². The van der Waals surface area contributed by atoms with Crippen LogP contribution in [0.4, 0.5) is 22.8 Å². The monoisotopic (exact) mass is 298 g/mol. The molecular weight excluding hydrogens is 281 g/mol. The van der Waals surface area contributed by atoms with E-state index in [2.05, 4.69) is 4.74 Å². The van der Waals surface area contributed by atoms with Gasteiger partial charge in [-0.05, 0) is 20.8 Å². The van der Waals surface area contributed by atoms with E-state index in [1.165, 1.54) is 20.8 Å². The minimum atomic E-state index is -4.69. The van der Waals surface area contributed by atoms with Gasteiger partial charge in [-0.25, -0.2) is 9.59 Å². The highest BCUT2D eigenvalue weighted by Crippen LogP contribution is 2.22. The van der Waals surface area contributed by atoms with Gasteiger partial charge >= 0.3 is 18.4 Å². The highest BCUT2D eigenvalue weighted by atomic mass is 19.4. The van der Waals surface area contributed by atoms with Gasteiger partial charge in [-0.1, -0.05) is 0 Å². The second-order valence-corrected chi connectivity index (χ2v) is 5.30. The predicted molar refractivity (Wildman–Crippen MR) is 62.1 cm³/mol. The number of carbonyl (C=O) groups is 2. The Balaban J connectivity index is 2.66. The van der Waals surface area contributed by atoms with Crippen LogP contribution in [0.1, 0.15) is 20.8 Å². The Bertz CT molecular complexity index is 379. The fourth-order valence-electron chi connectivity index (χ4n) is 1.49. The summed E-state index contributed by atoms with van der Waals surface area (Å²) in [5.41, 5.74) is -0.910. The minimum absolute atomic E-state index is 0.0375. The number of cyclic esters (lactones) is 1. The molecule has 0 saturated carbocycles. The van der Waals surface area contributed by atoms with E-state index in [1.54, 1.807) is 5.32 Å². The van der Waals surface area contributed by atoms with Crippen LogP contribution >= 0.6 is 0 Å². The molecule has 1 aliphatic heterocycles. The lowest BCUT2D eigenvalue weighted by Crippen LogP contribution is -2.53. The molecule has 1 saturated heterocycles. The molecule has 1 fully saturated rings. The molecule has 1 unspecified atom stereocenters. The van der Waals surface area contributed by atoms with Crippen LogP contribution in [0.2, 0.25) is 0 Å². The summed E-state index contributed by atoms with van der Waals surface area (Å²) in [6, 6.07) is -2.21. The van der Waals surface area contributed by atoms with Crippen molar-refractivity contribution in [3.8, 4) is 0 Å². The van der Waals surface area contributed by atoms with Gasteiger partial charge in [0, 0.05) is 0 Å². The molecule has 0 aromatic heterocycles. The Morgan fingerprint density at radius 2 is 2.05 bits per heavy atom. The van der Waals surface area contributed by atoms with Crippen molar-refractivity contribution in [3.63, 3.8) is 0 Å². The average Bonchev–Trinajstić information content (AvgIpc) is 2.59. The van der Waals surface area contributed by atoms with Gasteiger partial charge in [0.25, 0.3) is 0 Å². The number of ether oxygens (including phenoxy) is 2. The topological polar surface area (TPSA) is 67.9 Å². The minimum Gasteiger partial charge on any atom is -0.448 e. The zero-order valence-corrected chi connectivity index (χ0v) is 11.4. The summed E-state index contributed by atoms with van der Waals surface area (Å²) in [6.07, 6.45) is -6.71. The predicted octanol–water partition coefficient (Wildman–Crippen LogP) is 1.89.